The lowest BCUT2D eigenvalue weighted by Crippen LogP contribution is -2.36. The Labute approximate surface area is 207 Å². The molecule has 1 aliphatic rings. The first-order valence-electron chi connectivity index (χ1n) is 11.6. The molecule has 1 amide bonds. The molecule has 0 saturated heterocycles. The number of rotatable bonds is 6. The number of aromatic nitrogens is 1. The third kappa shape index (κ3) is 5.26. The van der Waals surface area contributed by atoms with E-state index in [0.717, 1.165) is 17.4 Å². The molecule has 1 saturated carbocycles. The lowest BCUT2D eigenvalue weighted by Gasteiger charge is -2.25. The number of benzene rings is 2. The molecular weight excluding hydrogens is 477 g/mol. The van der Waals surface area contributed by atoms with Gasteiger partial charge < -0.3 is 14.6 Å². The van der Waals surface area contributed by atoms with Crippen LogP contribution in [-0.4, -0.2) is 40.2 Å². The van der Waals surface area contributed by atoms with Gasteiger partial charge in [-0.3, -0.25) is 4.79 Å². The van der Waals surface area contributed by atoms with Gasteiger partial charge in [0.25, 0.3) is 5.91 Å². The van der Waals surface area contributed by atoms with E-state index in [2.05, 4.69) is 0 Å². The second-order valence-electron chi connectivity index (χ2n) is 9.22. The van der Waals surface area contributed by atoms with Crippen LogP contribution in [0.5, 0.6) is 0 Å². The first kappa shape index (κ1) is 25.3. The van der Waals surface area contributed by atoms with Crippen molar-refractivity contribution in [2.45, 2.75) is 45.0 Å². The van der Waals surface area contributed by atoms with Gasteiger partial charge in [0.15, 0.2) is 0 Å². The SMILES string of the molecule is Cc1c(-c2ccc(Cl)cc2)c(C(=O)N(C)CC2CCC[C@H]2O)n(Cc2ccccc2)c1C(F)(F)F. The molecule has 4 rings (SSSR count). The molecule has 4 nitrogen and oxygen atoms in total. The van der Waals surface area contributed by atoms with E-state index in [1.165, 1.54) is 11.8 Å². The van der Waals surface area contributed by atoms with Gasteiger partial charge in [-0.15, -0.1) is 0 Å². The quantitative estimate of drug-likeness (QED) is 0.421. The van der Waals surface area contributed by atoms with Crippen LogP contribution in [0, 0.1) is 12.8 Å². The fourth-order valence-electron chi connectivity index (χ4n) is 5.07. The highest BCUT2D eigenvalue weighted by atomic mass is 35.5. The Bertz CT molecular complexity index is 1190. The smallest absolute Gasteiger partial charge is 0.393 e. The van der Waals surface area contributed by atoms with Gasteiger partial charge in [-0.1, -0.05) is 60.5 Å². The molecule has 1 aromatic heterocycles. The summed E-state index contributed by atoms with van der Waals surface area (Å²) >= 11 is 6.03. The number of nitrogens with zero attached hydrogens (tertiary/aromatic N) is 2. The van der Waals surface area contributed by atoms with Gasteiger partial charge in [0.05, 0.1) is 6.10 Å². The maximum absolute atomic E-state index is 14.4. The van der Waals surface area contributed by atoms with Crippen LogP contribution in [0.2, 0.25) is 5.02 Å². The molecule has 1 fully saturated rings. The number of alkyl halides is 3. The molecule has 0 radical (unpaired) electrons. The van der Waals surface area contributed by atoms with Crippen molar-refractivity contribution in [3.63, 3.8) is 0 Å². The van der Waals surface area contributed by atoms with Crippen LogP contribution >= 0.6 is 11.6 Å². The topological polar surface area (TPSA) is 45.5 Å². The summed E-state index contributed by atoms with van der Waals surface area (Å²) < 4.78 is 44.4. The number of carbonyl (C=O) groups excluding carboxylic acids is 1. The Morgan fingerprint density at radius 3 is 2.34 bits per heavy atom. The summed E-state index contributed by atoms with van der Waals surface area (Å²) in [5, 5.41) is 10.7. The minimum atomic E-state index is -4.67. The largest absolute Gasteiger partial charge is 0.431 e. The van der Waals surface area contributed by atoms with E-state index in [1.54, 1.807) is 61.6 Å². The predicted octanol–water partition coefficient (Wildman–Crippen LogP) is 6.42. The predicted molar refractivity (Wildman–Crippen MR) is 130 cm³/mol. The van der Waals surface area contributed by atoms with Crippen LogP contribution in [0.3, 0.4) is 0 Å². The minimum absolute atomic E-state index is 0.00611. The van der Waals surface area contributed by atoms with Gasteiger partial charge in [-0.2, -0.15) is 13.2 Å². The van der Waals surface area contributed by atoms with Crippen molar-refractivity contribution in [1.82, 2.24) is 9.47 Å². The van der Waals surface area contributed by atoms with Gasteiger partial charge in [-0.25, -0.2) is 0 Å². The molecule has 2 atom stereocenters. The molecule has 35 heavy (non-hydrogen) atoms. The maximum Gasteiger partial charge on any atom is 0.431 e. The summed E-state index contributed by atoms with van der Waals surface area (Å²) in [6.07, 6.45) is -2.86. The Kier molecular flexibility index (Phi) is 7.29. The summed E-state index contributed by atoms with van der Waals surface area (Å²) in [5.41, 5.74) is 0.516. The van der Waals surface area contributed by atoms with Gasteiger partial charge in [0.1, 0.15) is 11.4 Å². The van der Waals surface area contributed by atoms with E-state index in [0.29, 0.717) is 22.6 Å². The van der Waals surface area contributed by atoms with Crippen LogP contribution in [0.15, 0.2) is 54.6 Å². The molecule has 1 N–H and O–H groups in total. The molecule has 0 aliphatic heterocycles. The second-order valence-corrected chi connectivity index (χ2v) is 9.65. The zero-order valence-corrected chi connectivity index (χ0v) is 20.4. The van der Waals surface area contributed by atoms with Crippen molar-refractivity contribution in [1.29, 1.82) is 0 Å². The molecule has 186 valence electrons. The molecule has 1 heterocycles. The number of halogens is 4. The van der Waals surface area contributed by atoms with Crippen molar-refractivity contribution >= 4 is 17.5 Å². The Morgan fingerprint density at radius 1 is 1.11 bits per heavy atom. The molecule has 0 bridgehead atoms. The minimum Gasteiger partial charge on any atom is -0.393 e. The molecule has 2 aromatic carbocycles. The number of hydrogen-bond acceptors (Lipinski definition) is 2. The highest BCUT2D eigenvalue weighted by Crippen LogP contribution is 2.42. The number of aliphatic hydroxyl groups excluding tert-OH is 1. The molecule has 3 aromatic rings. The number of aliphatic hydroxyl groups is 1. The van der Waals surface area contributed by atoms with Gasteiger partial charge in [-0.05, 0) is 48.6 Å². The van der Waals surface area contributed by atoms with Crippen molar-refractivity contribution < 1.29 is 23.1 Å². The van der Waals surface area contributed by atoms with Crippen LogP contribution in [0.25, 0.3) is 11.1 Å². The third-order valence-electron chi connectivity index (χ3n) is 6.77. The third-order valence-corrected chi connectivity index (χ3v) is 7.02. The summed E-state index contributed by atoms with van der Waals surface area (Å²) in [4.78, 5) is 15.3. The summed E-state index contributed by atoms with van der Waals surface area (Å²) in [6.45, 7) is 1.58. The van der Waals surface area contributed by atoms with E-state index >= 15 is 0 Å². The number of hydrogen-bond donors (Lipinski definition) is 1. The van der Waals surface area contributed by atoms with E-state index in [9.17, 15) is 23.1 Å². The Hall–Kier alpha value is -2.77. The van der Waals surface area contributed by atoms with E-state index < -0.39 is 23.9 Å². The van der Waals surface area contributed by atoms with Gasteiger partial charge >= 0.3 is 6.18 Å². The highest BCUT2D eigenvalue weighted by Gasteiger charge is 2.42. The fraction of sp³-hybridized carbons (Fsp3) is 0.370. The van der Waals surface area contributed by atoms with Crippen molar-refractivity contribution in [3.8, 4) is 11.1 Å². The number of carbonyl (C=O) groups is 1. The van der Waals surface area contributed by atoms with Crippen molar-refractivity contribution in [3.05, 3.63) is 82.1 Å². The standard InChI is InChI=1S/C27H28ClF3N2O2/c1-17-23(19-11-13-21(28)14-12-19)24(26(35)32(2)16-20-9-6-10-22(20)34)33(25(17)27(29,30)31)15-18-7-4-3-5-8-18/h3-5,7-8,11-14,20,22,34H,6,9-10,15-16H2,1-2H3/t20?,22-/m1/s1. The molecule has 1 aliphatic carbocycles. The summed E-state index contributed by atoms with van der Waals surface area (Å²) in [7, 11) is 1.58. The van der Waals surface area contributed by atoms with E-state index in [1.807, 2.05) is 0 Å². The summed E-state index contributed by atoms with van der Waals surface area (Å²) in [6, 6.07) is 15.3. The molecule has 0 spiro atoms. The van der Waals surface area contributed by atoms with Gasteiger partial charge in [0, 0.05) is 36.6 Å². The van der Waals surface area contributed by atoms with Crippen LogP contribution in [0.4, 0.5) is 13.2 Å². The van der Waals surface area contributed by atoms with Gasteiger partial charge in [0.2, 0.25) is 0 Å². The fourth-order valence-corrected chi connectivity index (χ4v) is 5.20. The normalized spacial score (nSPS) is 18.1. The monoisotopic (exact) mass is 504 g/mol. The Balaban J connectivity index is 1.89. The zero-order valence-electron chi connectivity index (χ0n) is 19.6. The van der Waals surface area contributed by atoms with Crippen molar-refractivity contribution in [2.75, 3.05) is 13.6 Å². The first-order chi connectivity index (χ1) is 16.6. The van der Waals surface area contributed by atoms with E-state index in [4.69, 9.17) is 11.6 Å². The number of amides is 1. The maximum atomic E-state index is 14.4. The molecule has 8 heteroatoms. The Morgan fingerprint density at radius 2 is 1.77 bits per heavy atom. The average molecular weight is 505 g/mol. The lowest BCUT2D eigenvalue weighted by molar-refractivity contribution is -0.143. The molecular formula is C27H28ClF3N2O2. The van der Waals surface area contributed by atoms with Crippen LogP contribution < -0.4 is 0 Å². The molecule has 1 unspecified atom stereocenters. The summed E-state index contributed by atoms with van der Waals surface area (Å²) in [5.74, 6) is -0.604. The van der Waals surface area contributed by atoms with Crippen LogP contribution in [-0.2, 0) is 12.7 Å². The first-order valence-corrected chi connectivity index (χ1v) is 12.0. The average Bonchev–Trinajstić information content (AvgIpc) is 3.34. The lowest BCUT2D eigenvalue weighted by atomic mass is 9.99. The van der Waals surface area contributed by atoms with E-state index in [-0.39, 0.29) is 35.8 Å². The highest BCUT2D eigenvalue weighted by molar-refractivity contribution is 6.30. The second kappa shape index (κ2) is 10.1. The van der Waals surface area contributed by atoms with Crippen molar-refractivity contribution in [2.24, 2.45) is 5.92 Å². The van der Waals surface area contributed by atoms with Crippen LogP contribution in [0.1, 0.15) is 46.6 Å². The zero-order chi connectivity index (χ0) is 25.3.